The summed E-state index contributed by atoms with van der Waals surface area (Å²) in [4.78, 5) is 0. The molecule has 0 saturated carbocycles. The van der Waals surface area contributed by atoms with Gasteiger partial charge in [0.25, 0.3) is 0 Å². The van der Waals surface area contributed by atoms with E-state index in [1.807, 2.05) is 0 Å². The molecule has 3 heteroatoms. The molecule has 0 bridgehead atoms. The minimum Gasteiger partial charge on any atom is -0.379 e. The maximum Gasteiger partial charge on any atom is 0.0981 e. The molecule has 1 unspecified atom stereocenters. The van der Waals surface area contributed by atoms with Gasteiger partial charge in [-0.25, -0.2) is 0 Å². The molecule has 218 valence electrons. The van der Waals surface area contributed by atoms with Crippen molar-refractivity contribution in [2.75, 3.05) is 19.8 Å². The van der Waals surface area contributed by atoms with E-state index in [1.165, 1.54) is 141 Å². The lowest BCUT2D eigenvalue weighted by molar-refractivity contribution is -0.0494. The summed E-state index contributed by atoms with van der Waals surface area (Å²) in [5, 5.41) is 0. The number of rotatable bonds is 30. The zero-order chi connectivity index (χ0) is 26.6. The third-order valence-electron chi connectivity index (χ3n) is 7.56. The van der Waals surface area contributed by atoms with Crippen molar-refractivity contribution in [3.63, 3.8) is 0 Å². The molecule has 0 aliphatic carbocycles. The van der Waals surface area contributed by atoms with E-state index in [2.05, 4.69) is 27.7 Å². The predicted molar refractivity (Wildman–Crippen MR) is 161 cm³/mol. The molecule has 0 aliphatic rings. The SMILES string of the molecule is CCCCCCCCCCCCCCOCC(OCCCCCCCCCCCCCC)C(C)(C)N. The van der Waals surface area contributed by atoms with Gasteiger partial charge in [0.05, 0.1) is 12.7 Å². The van der Waals surface area contributed by atoms with Gasteiger partial charge in [-0.1, -0.05) is 155 Å². The average Bonchev–Trinajstić information content (AvgIpc) is 2.85. The van der Waals surface area contributed by atoms with Crippen LogP contribution in [0.1, 0.15) is 182 Å². The fourth-order valence-electron chi connectivity index (χ4n) is 4.88. The maximum atomic E-state index is 6.38. The summed E-state index contributed by atoms with van der Waals surface area (Å²) in [5.74, 6) is 0. The zero-order valence-electron chi connectivity index (χ0n) is 25.6. The standard InChI is InChI=1S/C33H69NO2/c1-5-7-9-11-13-15-17-19-21-23-25-27-29-35-31-32(33(3,4)34)36-30-28-26-24-22-20-18-16-14-12-10-8-6-2/h32H,5-31,34H2,1-4H3. The Bertz CT molecular complexity index is 407. The Hall–Kier alpha value is -0.120. The molecule has 0 saturated heterocycles. The topological polar surface area (TPSA) is 44.5 Å². The van der Waals surface area contributed by atoms with E-state index in [1.54, 1.807) is 0 Å². The van der Waals surface area contributed by atoms with E-state index >= 15 is 0 Å². The van der Waals surface area contributed by atoms with E-state index in [0.29, 0.717) is 6.61 Å². The quantitative estimate of drug-likeness (QED) is 0.0975. The van der Waals surface area contributed by atoms with Crippen molar-refractivity contribution < 1.29 is 9.47 Å². The molecule has 0 aromatic carbocycles. The van der Waals surface area contributed by atoms with Gasteiger partial charge in [0.2, 0.25) is 0 Å². The minimum absolute atomic E-state index is 0.0115. The van der Waals surface area contributed by atoms with Crippen LogP contribution in [-0.2, 0) is 9.47 Å². The first kappa shape index (κ1) is 35.9. The maximum absolute atomic E-state index is 6.38. The number of hydrogen-bond donors (Lipinski definition) is 1. The summed E-state index contributed by atoms with van der Waals surface area (Å²) in [6.45, 7) is 11.0. The summed E-state index contributed by atoms with van der Waals surface area (Å²) < 4.78 is 12.1. The monoisotopic (exact) mass is 512 g/mol. The van der Waals surface area contributed by atoms with Gasteiger partial charge in [-0.05, 0) is 26.7 Å². The highest BCUT2D eigenvalue weighted by Crippen LogP contribution is 2.15. The van der Waals surface area contributed by atoms with Crippen molar-refractivity contribution in [1.29, 1.82) is 0 Å². The Labute approximate surface area is 228 Å². The Morgan fingerprint density at radius 3 is 1.11 bits per heavy atom. The van der Waals surface area contributed by atoms with Crippen molar-refractivity contribution in [3.8, 4) is 0 Å². The van der Waals surface area contributed by atoms with Crippen molar-refractivity contribution in [2.45, 2.75) is 193 Å². The third kappa shape index (κ3) is 26.9. The number of unbranched alkanes of at least 4 members (excludes halogenated alkanes) is 22. The van der Waals surface area contributed by atoms with Crippen molar-refractivity contribution in [3.05, 3.63) is 0 Å². The van der Waals surface area contributed by atoms with E-state index in [0.717, 1.165) is 26.1 Å². The molecule has 0 fully saturated rings. The first-order chi connectivity index (χ1) is 17.5. The smallest absolute Gasteiger partial charge is 0.0981 e. The van der Waals surface area contributed by atoms with Gasteiger partial charge in [-0.2, -0.15) is 0 Å². The van der Waals surface area contributed by atoms with E-state index in [9.17, 15) is 0 Å². The Kier molecular flexibility index (Phi) is 27.8. The second-order valence-corrected chi connectivity index (χ2v) is 12.0. The summed E-state index contributed by atoms with van der Waals surface area (Å²) in [5.41, 5.74) is 6.02. The summed E-state index contributed by atoms with van der Waals surface area (Å²) >= 11 is 0. The van der Waals surface area contributed by atoms with Crippen LogP contribution < -0.4 is 5.73 Å². The van der Waals surface area contributed by atoms with Crippen LogP contribution in [0.3, 0.4) is 0 Å². The van der Waals surface area contributed by atoms with Crippen molar-refractivity contribution in [2.24, 2.45) is 5.73 Å². The first-order valence-electron chi connectivity index (χ1n) is 16.5. The summed E-state index contributed by atoms with van der Waals surface area (Å²) in [6.07, 6.45) is 32.9. The number of hydrogen-bond acceptors (Lipinski definition) is 3. The molecule has 0 aromatic rings. The van der Waals surface area contributed by atoms with Gasteiger partial charge in [0.1, 0.15) is 0 Å². The van der Waals surface area contributed by atoms with Crippen LogP contribution in [0, 0.1) is 0 Å². The van der Waals surface area contributed by atoms with Crippen molar-refractivity contribution >= 4 is 0 Å². The van der Waals surface area contributed by atoms with Crippen LogP contribution in [-0.4, -0.2) is 31.5 Å². The van der Waals surface area contributed by atoms with E-state index in [4.69, 9.17) is 15.2 Å². The van der Waals surface area contributed by atoms with Crippen molar-refractivity contribution in [1.82, 2.24) is 0 Å². The van der Waals surface area contributed by atoms with Crippen LogP contribution in [0.5, 0.6) is 0 Å². The lowest BCUT2D eigenvalue weighted by atomic mass is 9.99. The summed E-state index contributed by atoms with van der Waals surface area (Å²) in [7, 11) is 0. The van der Waals surface area contributed by atoms with Gasteiger partial charge in [0, 0.05) is 18.8 Å². The Morgan fingerprint density at radius 1 is 0.472 bits per heavy atom. The lowest BCUT2D eigenvalue weighted by Gasteiger charge is -2.30. The number of ether oxygens (including phenoxy) is 2. The first-order valence-corrected chi connectivity index (χ1v) is 16.5. The molecule has 0 rings (SSSR count). The highest BCUT2D eigenvalue weighted by atomic mass is 16.5. The van der Waals surface area contributed by atoms with Crippen LogP contribution in [0.25, 0.3) is 0 Å². The molecule has 0 aromatic heterocycles. The molecular weight excluding hydrogens is 442 g/mol. The fraction of sp³-hybridized carbons (Fsp3) is 1.00. The molecule has 0 aliphatic heterocycles. The summed E-state index contributed by atoms with van der Waals surface area (Å²) in [6, 6.07) is 0. The van der Waals surface area contributed by atoms with Gasteiger partial charge >= 0.3 is 0 Å². The highest BCUT2D eigenvalue weighted by Gasteiger charge is 2.26. The largest absolute Gasteiger partial charge is 0.379 e. The highest BCUT2D eigenvalue weighted by molar-refractivity contribution is 4.83. The van der Waals surface area contributed by atoms with Crippen LogP contribution in [0.15, 0.2) is 0 Å². The van der Waals surface area contributed by atoms with Gasteiger partial charge in [-0.15, -0.1) is 0 Å². The van der Waals surface area contributed by atoms with Gasteiger partial charge < -0.3 is 15.2 Å². The zero-order valence-corrected chi connectivity index (χ0v) is 25.6. The molecule has 36 heavy (non-hydrogen) atoms. The van der Waals surface area contributed by atoms with E-state index < -0.39 is 0 Å². The van der Waals surface area contributed by atoms with Crippen LogP contribution in [0.4, 0.5) is 0 Å². The predicted octanol–water partition coefficient (Wildman–Crippen LogP) is 10.5. The Balaban J connectivity index is 3.53. The number of nitrogens with two attached hydrogens (primary N) is 1. The average molecular weight is 512 g/mol. The lowest BCUT2D eigenvalue weighted by Crippen LogP contribution is -2.49. The third-order valence-corrected chi connectivity index (χ3v) is 7.56. The van der Waals surface area contributed by atoms with Gasteiger partial charge in [-0.3, -0.25) is 0 Å². The molecule has 0 amide bonds. The minimum atomic E-state index is -0.354. The normalized spacial score (nSPS) is 12.9. The molecule has 0 spiro atoms. The Morgan fingerprint density at radius 2 is 0.778 bits per heavy atom. The second-order valence-electron chi connectivity index (χ2n) is 12.0. The fourth-order valence-corrected chi connectivity index (χ4v) is 4.88. The van der Waals surface area contributed by atoms with E-state index in [-0.39, 0.29) is 11.6 Å². The van der Waals surface area contributed by atoms with Crippen LogP contribution in [0.2, 0.25) is 0 Å². The molecule has 0 heterocycles. The molecule has 3 nitrogen and oxygen atoms in total. The van der Waals surface area contributed by atoms with Crippen LogP contribution >= 0.6 is 0 Å². The second kappa shape index (κ2) is 27.9. The molecule has 2 N–H and O–H groups in total. The van der Waals surface area contributed by atoms with Gasteiger partial charge in [0.15, 0.2) is 0 Å². The molecule has 0 radical (unpaired) electrons. The molecular formula is C33H69NO2. The molecule has 1 atom stereocenters.